The zero-order valence-electron chi connectivity index (χ0n) is 9.11. The smallest absolute Gasteiger partial charge is 0.225 e. The van der Waals surface area contributed by atoms with E-state index in [1.165, 1.54) is 0 Å². The standard InChI is InChI=1S/C8H17N5S/c1-11(2)5-6-13-7(12(3)4)9-10-8(13)14/h5-6H2,1-4H3,(H,10,14). The fourth-order valence-electron chi connectivity index (χ4n) is 1.15. The monoisotopic (exact) mass is 215 g/mol. The fraction of sp³-hybridized carbons (Fsp3) is 0.750. The summed E-state index contributed by atoms with van der Waals surface area (Å²) in [6.45, 7) is 1.81. The molecule has 0 bridgehead atoms. The van der Waals surface area contributed by atoms with E-state index in [4.69, 9.17) is 12.2 Å². The first kappa shape index (κ1) is 11.2. The van der Waals surface area contributed by atoms with E-state index in [1.807, 2.05) is 37.7 Å². The molecule has 0 aromatic carbocycles. The van der Waals surface area contributed by atoms with E-state index in [1.54, 1.807) is 0 Å². The molecule has 6 heteroatoms. The van der Waals surface area contributed by atoms with Gasteiger partial charge in [-0.05, 0) is 26.3 Å². The van der Waals surface area contributed by atoms with Gasteiger partial charge in [0.2, 0.25) is 5.95 Å². The third-order valence-electron chi connectivity index (χ3n) is 1.91. The molecule has 0 atom stereocenters. The summed E-state index contributed by atoms with van der Waals surface area (Å²) in [5.74, 6) is 0.872. The Hall–Kier alpha value is -0.880. The van der Waals surface area contributed by atoms with E-state index in [-0.39, 0.29) is 0 Å². The van der Waals surface area contributed by atoms with E-state index in [0.717, 1.165) is 19.0 Å². The van der Waals surface area contributed by atoms with Gasteiger partial charge in [0.1, 0.15) is 0 Å². The Bertz CT molecular complexity index is 338. The highest BCUT2D eigenvalue weighted by Crippen LogP contribution is 2.07. The van der Waals surface area contributed by atoms with Gasteiger partial charge in [-0.15, -0.1) is 5.10 Å². The maximum Gasteiger partial charge on any atom is 0.225 e. The first-order chi connectivity index (χ1) is 6.52. The predicted octanol–water partition coefficient (Wildman–Crippen LogP) is 0.568. The van der Waals surface area contributed by atoms with Gasteiger partial charge in [-0.3, -0.25) is 4.57 Å². The minimum Gasteiger partial charge on any atom is -0.347 e. The quantitative estimate of drug-likeness (QED) is 0.745. The summed E-state index contributed by atoms with van der Waals surface area (Å²) in [4.78, 5) is 4.07. The van der Waals surface area contributed by atoms with Gasteiger partial charge in [0, 0.05) is 27.2 Å². The minimum atomic E-state index is 0.676. The van der Waals surface area contributed by atoms with Crippen molar-refractivity contribution in [3.63, 3.8) is 0 Å². The summed E-state index contributed by atoms with van der Waals surface area (Å²) in [5, 5.41) is 6.94. The molecule has 1 rings (SSSR count). The summed E-state index contributed by atoms with van der Waals surface area (Å²) < 4.78 is 2.67. The summed E-state index contributed by atoms with van der Waals surface area (Å²) in [7, 11) is 7.99. The highest BCUT2D eigenvalue weighted by Gasteiger charge is 2.07. The number of hydrogen-bond acceptors (Lipinski definition) is 4. The normalized spacial score (nSPS) is 10.9. The Morgan fingerprint density at radius 2 is 2.00 bits per heavy atom. The van der Waals surface area contributed by atoms with Crippen molar-refractivity contribution >= 4 is 18.2 Å². The summed E-state index contributed by atoms with van der Waals surface area (Å²) in [6.07, 6.45) is 0. The Morgan fingerprint density at radius 1 is 1.36 bits per heavy atom. The molecule has 0 fully saturated rings. The van der Waals surface area contributed by atoms with Crippen molar-refractivity contribution < 1.29 is 0 Å². The second-order valence-electron chi connectivity index (χ2n) is 3.68. The lowest BCUT2D eigenvalue weighted by Crippen LogP contribution is -2.22. The maximum absolute atomic E-state index is 5.14. The highest BCUT2D eigenvalue weighted by atomic mass is 32.1. The van der Waals surface area contributed by atoms with Crippen molar-refractivity contribution in [2.75, 3.05) is 39.6 Å². The van der Waals surface area contributed by atoms with Crippen LogP contribution in [0.4, 0.5) is 5.95 Å². The average Bonchev–Trinajstić information content (AvgIpc) is 2.43. The summed E-state index contributed by atoms with van der Waals surface area (Å²) in [6, 6.07) is 0. The molecule has 0 spiro atoms. The summed E-state index contributed by atoms with van der Waals surface area (Å²) >= 11 is 5.14. The van der Waals surface area contributed by atoms with Crippen molar-refractivity contribution in [2.45, 2.75) is 6.54 Å². The molecule has 0 aliphatic rings. The van der Waals surface area contributed by atoms with Gasteiger partial charge >= 0.3 is 0 Å². The third kappa shape index (κ3) is 2.55. The van der Waals surface area contributed by atoms with Crippen LogP contribution in [-0.4, -0.2) is 54.4 Å². The molecule has 0 amide bonds. The number of aromatic nitrogens is 3. The molecule has 0 saturated heterocycles. The van der Waals surface area contributed by atoms with E-state index < -0.39 is 0 Å². The van der Waals surface area contributed by atoms with E-state index in [2.05, 4.69) is 15.1 Å². The number of aromatic amines is 1. The van der Waals surface area contributed by atoms with Gasteiger partial charge in [0.15, 0.2) is 4.77 Å². The molecule has 1 heterocycles. The molecular formula is C8H17N5S. The molecule has 5 nitrogen and oxygen atoms in total. The molecule has 1 aromatic heterocycles. The number of rotatable bonds is 4. The molecule has 0 unspecified atom stereocenters. The Morgan fingerprint density at radius 3 is 2.50 bits per heavy atom. The molecule has 0 radical (unpaired) electrons. The van der Waals surface area contributed by atoms with Crippen LogP contribution in [0.15, 0.2) is 0 Å². The second kappa shape index (κ2) is 4.56. The van der Waals surface area contributed by atoms with E-state index in [0.29, 0.717) is 4.77 Å². The van der Waals surface area contributed by atoms with Crippen LogP contribution in [0.25, 0.3) is 0 Å². The van der Waals surface area contributed by atoms with Gasteiger partial charge < -0.3 is 9.80 Å². The third-order valence-corrected chi connectivity index (χ3v) is 2.22. The van der Waals surface area contributed by atoms with Crippen LogP contribution in [0.2, 0.25) is 0 Å². The zero-order chi connectivity index (χ0) is 10.7. The Balaban J connectivity index is 2.83. The van der Waals surface area contributed by atoms with Gasteiger partial charge in [0.25, 0.3) is 0 Å². The lowest BCUT2D eigenvalue weighted by Gasteiger charge is -2.15. The molecule has 0 aliphatic carbocycles. The number of hydrogen-bond donors (Lipinski definition) is 1. The van der Waals surface area contributed by atoms with Crippen LogP contribution in [0.3, 0.4) is 0 Å². The summed E-state index contributed by atoms with van der Waals surface area (Å²) in [5.41, 5.74) is 0. The Labute approximate surface area is 89.3 Å². The predicted molar refractivity (Wildman–Crippen MR) is 60.3 cm³/mol. The van der Waals surface area contributed by atoms with Gasteiger partial charge in [-0.25, -0.2) is 5.10 Å². The first-order valence-corrected chi connectivity index (χ1v) is 4.90. The number of H-pyrrole nitrogens is 1. The zero-order valence-corrected chi connectivity index (χ0v) is 9.93. The number of likely N-dealkylation sites (N-methyl/N-ethyl adjacent to an activating group) is 1. The van der Waals surface area contributed by atoms with Crippen LogP contribution in [-0.2, 0) is 6.54 Å². The molecule has 1 N–H and O–H groups in total. The minimum absolute atomic E-state index is 0.676. The SMILES string of the molecule is CN(C)CCn1c(N(C)C)n[nH]c1=S. The van der Waals surface area contributed by atoms with Gasteiger partial charge in [0.05, 0.1) is 0 Å². The molecule has 0 aliphatic heterocycles. The highest BCUT2D eigenvalue weighted by molar-refractivity contribution is 7.71. The molecule has 1 aromatic rings. The van der Waals surface area contributed by atoms with Crippen molar-refractivity contribution in [3.8, 4) is 0 Å². The number of nitrogens with zero attached hydrogens (tertiary/aromatic N) is 4. The van der Waals surface area contributed by atoms with Crippen LogP contribution < -0.4 is 4.90 Å². The van der Waals surface area contributed by atoms with Crippen molar-refractivity contribution in [1.82, 2.24) is 19.7 Å². The van der Waals surface area contributed by atoms with Gasteiger partial charge in [-0.2, -0.15) is 0 Å². The Kier molecular flexibility index (Phi) is 3.65. The van der Waals surface area contributed by atoms with E-state index in [9.17, 15) is 0 Å². The lowest BCUT2D eigenvalue weighted by molar-refractivity contribution is 0.383. The number of nitrogens with one attached hydrogen (secondary N) is 1. The number of anilines is 1. The second-order valence-corrected chi connectivity index (χ2v) is 4.06. The van der Waals surface area contributed by atoms with Crippen molar-refractivity contribution in [3.05, 3.63) is 4.77 Å². The maximum atomic E-state index is 5.14. The molecular weight excluding hydrogens is 198 g/mol. The van der Waals surface area contributed by atoms with Crippen molar-refractivity contribution in [1.29, 1.82) is 0 Å². The van der Waals surface area contributed by atoms with Crippen molar-refractivity contribution in [2.24, 2.45) is 0 Å². The lowest BCUT2D eigenvalue weighted by atomic mass is 10.5. The van der Waals surface area contributed by atoms with Crippen LogP contribution >= 0.6 is 12.2 Å². The molecule has 14 heavy (non-hydrogen) atoms. The van der Waals surface area contributed by atoms with Crippen LogP contribution in [0, 0.1) is 4.77 Å². The molecule has 0 saturated carbocycles. The largest absolute Gasteiger partial charge is 0.347 e. The van der Waals surface area contributed by atoms with Gasteiger partial charge in [-0.1, -0.05) is 0 Å². The molecule has 80 valence electrons. The first-order valence-electron chi connectivity index (χ1n) is 4.49. The average molecular weight is 215 g/mol. The van der Waals surface area contributed by atoms with E-state index >= 15 is 0 Å². The van der Waals surface area contributed by atoms with Crippen LogP contribution in [0.5, 0.6) is 0 Å². The van der Waals surface area contributed by atoms with Crippen LogP contribution in [0.1, 0.15) is 0 Å². The fourth-order valence-corrected chi connectivity index (χ4v) is 1.37. The topological polar surface area (TPSA) is 40.1 Å².